The highest BCUT2D eigenvalue weighted by atomic mass is 19.1. The van der Waals surface area contributed by atoms with Gasteiger partial charge in [-0.1, -0.05) is 0 Å². The van der Waals surface area contributed by atoms with Gasteiger partial charge in [-0.2, -0.15) is 0 Å². The summed E-state index contributed by atoms with van der Waals surface area (Å²) in [4.78, 5) is 23.1. The molecule has 0 radical (unpaired) electrons. The summed E-state index contributed by atoms with van der Waals surface area (Å²) >= 11 is 0. The predicted octanol–water partition coefficient (Wildman–Crippen LogP) is 2.05. The number of aliphatic imine (C=N–C) groups is 1. The number of furan rings is 1. The van der Waals surface area contributed by atoms with Crippen LogP contribution >= 0.6 is 0 Å². The van der Waals surface area contributed by atoms with Gasteiger partial charge in [0.1, 0.15) is 5.82 Å². The SMILES string of the molecule is O=C(c1ccco1)N1CCN=C1N1CCN(c2ccc(F)cc2)CC1. The first-order valence-electron chi connectivity index (χ1n) is 8.38. The van der Waals surface area contributed by atoms with E-state index in [4.69, 9.17) is 4.42 Å². The predicted molar refractivity (Wildman–Crippen MR) is 92.2 cm³/mol. The number of anilines is 1. The molecule has 2 aliphatic heterocycles. The number of piperazine rings is 1. The van der Waals surface area contributed by atoms with Gasteiger partial charge < -0.3 is 14.2 Å². The van der Waals surface area contributed by atoms with Gasteiger partial charge in [-0.25, -0.2) is 4.39 Å². The van der Waals surface area contributed by atoms with Crippen LogP contribution in [0.15, 0.2) is 52.1 Å². The molecular formula is C18H19FN4O2. The third kappa shape index (κ3) is 3.09. The van der Waals surface area contributed by atoms with Crippen LogP contribution in [-0.2, 0) is 0 Å². The third-order valence-electron chi connectivity index (χ3n) is 4.55. The first kappa shape index (κ1) is 15.7. The Kier molecular flexibility index (Phi) is 4.13. The molecule has 3 heterocycles. The molecule has 0 spiro atoms. The highest BCUT2D eigenvalue weighted by Crippen LogP contribution is 2.19. The number of hydrogen-bond donors (Lipinski definition) is 0. The second kappa shape index (κ2) is 6.58. The molecule has 0 atom stereocenters. The van der Waals surface area contributed by atoms with Crippen molar-refractivity contribution in [1.82, 2.24) is 9.80 Å². The minimum atomic E-state index is -0.227. The van der Waals surface area contributed by atoms with Gasteiger partial charge in [0.15, 0.2) is 5.76 Å². The van der Waals surface area contributed by atoms with Crippen molar-refractivity contribution < 1.29 is 13.6 Å². The molecule has 1 fully saturated rings. The summed E-state index contributed by atoms with van der Waals surface area (Å²) < 4.78 is 18.3. The van der Waals surface area contributed by atoms with Crippen LogP contribution in [-0.4, -0.2) is 60.9 Å². The quantitative estimate of drug-likeness (QED) is 0.838. The van der Waals surface area contributed by atoms with Crippen LogP contribution in [0.5, 0.6) is 0 Å². The molecule has 0 unspecified atom stereocenters. The highest BCUT2D eigenvalue weighted by Gasteiger charge is 2.31. The molecule has 130 valence electrons. The number of guanidine groups is 1. The lowest BCUT2D eigenvalue weighted by molar-refractivity contribution is 0.0812. The average molecular weight is 342 g/mol. The molecule has 1 aromatic carbocycles. The minimum absolute atomic E-state index is 0.151. The summed E-state index contributed by atoms with van der Waals surface area (Å²) in [5, 5.41) is 0. The number of carbonyl (C=O) groups is 1. The van der Waals surface area contributed by atoms with E-state index in [1.165, 1.54) is 18.4 Å². The fourth-order valence-electron chi connectivity index (χ4n) is 3.25. The monoisotopic (exact) mass is 342 g/mol. The molecule has 2 aliphatic rings. The Labute approximate surface area is 145 Å². The Morgan fingerprint density at radius 1 is 1.00 bits per heavy atom. The number of rotatable bonds is 2. The van der Waals surface area contributed by atoms with Crippen LogP contribution in [0.1, 0.15) is 10.6 Å². The van der Waals surface area contributed by atoms with Crippen LogP contribution in [0.3, 0.4) is 0 Å². The van der Waals surface area contributed by atoms with Gasteiger partial charge in [0, 0.05) is 38.4 Å². The molecule has 0 saturated carbocycles. The van der Waals surface area contributed by atoms with Gasteiger partial charge in [-0.15, -0.1) is 0 Å². The maximum atomic E-state index is 13.1. The van der Waals surface area contributed by atoms with Gasteiger partial charge in [0.05, 0.1) is 12.8 Å². The van der Waals surface area contributed by atoms with E-state index in [1.807, 2.05) is 0 Å². The Morgan fingerprint density at radius 3 is 2.40 bits per heavy atom. The van der Waals surface area contributed by atoms with Crippen LogP contribution < -0.4 is 4.90 Å². The van der Waals surface area contributed by atoms with Gasteiger partial charge in [0.2, 0.25) is 5.96 Å². The number of amides is 1. The summed E-state index contributed by atoms with van der Waals surface area (Å²) in [6, 6.07) is 9.93. The van der Waals surface area contributed by atoms with E-state index < -0.39 is 0 Å². The zero-order valence-electron chi connectivity index (χ0n) is 13.8. The number of hydrogen-bond acceptors (Lipinski definition) is 5. The smallest absolute Gasteiger partial charge is 0.296 e. The van der Waals surface area contributed by atoms with E-state index in [-0.39, 0.29) is 11.7 Å². The van der Waals surface area contributed by atoms with Crippen molar-refractivity contribution in [1.29, 1.82) is 0 Å². The molecule has 0 N–H and O–H groups in total. The van der Waals surface area contributed by atoms with Crippen LogP contribution in [0, 0.1) is 5.82 Å². The second-order valence-corrected chi connectivity index (χ2v) is 6.07. The van der Waals surface area contributed by atoms with Crippen LogP contribution in [0.25, 0.3) is 0 Å². The first-order valence-corrected chi connectivity index (χ1v) is 8.38. The number of halogens is 1. The molecule has 25 heavy (non-hydrogen) atoms. The number of benzene rings is 1. The molecular weight excluding hydrogens is 323 g/mol. The van der Waals surface area contributed by atoms with Crippen molar-refractivity contribution in [2.45, 2.75) is 0 Å². The molecule has 0 aliphatic carbocycles. The van der Waals surface area contributed by atoms with Crippen molar-refractivity contribution in [3.05, 3.63) is 54.2 Å². The lowest BCUT2D eigenvalue weighted by Crippen LogP contribution is -2.53. The van der Waals surface area contributed by atoms with Crippen molar-refractivity contribution in [2.24, 2.45) is 4.99 Å². The molecule has 6 nitrogen and oxygen atoms in total. The van der Waals surface area contributed by atoms with Crippen LogP contribution in [0.2, 0.25) is 0 Å². The van der Waals surface area contributed by atoms with Gasteiger partial charge in [0.25, 0.3) is 5.91 Å². The highest BCUT2D eigenvalue weighted by molar-refractivity contribution is 6.05. The molecule has 2 aromatic rings. The van der Waals surface area contributed by atoms with E-state index in [0.29, 0.717) is 18.8 Å². The topological polar surface area (TPSA) is 52.3 Å². The maximum absolute atomic E-state index is 13.1. The third-order valence-corrected chi connectivity index (χ3v) is 4.55. The second-order valence-electron chi connectivity index (χ2n) is 6.07. The van der Waals surface area contributed by atoms with Gasteiger partial charge in [-0.3, -0.25) is 14.7 Å². The van der Waals surface area contributed by atoms with E-state index in [2.05, 4.69) is 14.8 Å². The number of nitrogens with zero attached hydrogens (tertiary/aromatic N) is 4. The zero-order valence-corrected chi connectivity index (χ0v) is 13.8. The largest absolute Gasteiger partial charge is 0.459 e. The molecule has 4 rings (SSSR count). The standard InChI is InChI=1S/C18H19FN4O2/c19-14-3-5-15(6-4-14)21-9-11-22(12-10-21)18-20-7-8-23(18)17(24)16-2-1-13-25-16/h1-6,13H,7-12H2. The average Bonchev–Trinajstić information content (AvgIpc) is 3.34. The molecule has 7 heteroatoms. The van der Waals surface area contributed by atoms with Crippen molar-refractivity contribution in [3.63, 3.8) is 0 Å². The van der Waals surface area contributed by atoms with E-state index in [9.17, 15) is 9.18 Å². The van der Waals surface area contributed by atoms with Crippen LogP contribution in [0.4, 0.5) is 10.1 Å². The summed E-state index contributed by atoms with van der Waals surface area (Å²) in [5.41, 5.74) is 1.01. The summed E-state index contributed by atoms with van der Waals surface area (Å²) in [6.45, 7) is 4.31. The molecule has 0 bridgehead atoms. The summed E-state index contributed by atoms with van der Waals surface area (Å²) in [5.74, 6) is 0.677. The van der Waals surface area contributed by atoms with Crippen molar-refractivity contribution in [2.75, 3.05) is 44.2 Å². The fourth-order valence-corrected chi connectivity index (χ4v) is 3.25. The van der Waals surface area contributed by atoms with E-state index in [0.717, 1.165) is 37.8 Å². The number of carbonyl (C=O) groups excluding carboxylic acids is 1. The normalized spacial score (nSPS) is 17.8. The summed E-state index contributed by atoms with van der Waals surface area (Å²) in [7, 11) is 0. The van der Waals surface area contributed by atoms with Crippen molar-refractivity contribution in [3.8, 4) is 0 Å². The van der Waals surface area contributed by atoms with E-state index >= 15 is 0 Å². The Hall–Kier alpha value is -2.83. The molecule has 1 saturated heterocycles. The lowest BCUT2D eigenvalue weighted by Gasteiger charge is -2.38. The lowest BCUT2D eigenvalue weighted by atomic mass is 10.2. The Morgan fingerprint density at radius 2 is 1.72 bits per heavy atom. The Balaban J connectivity index is 1.41. The van der Waals surface area contributed by atoms with E-state index in [1.54, 1.807) is 29.2 Å². The maximum Gasteiger partial charge on any atom is 0.296 e. The first-order chi connectivity index (χ1) is 12.2. The summed E-state index contributed by atoms with van der Waals surface area (Å²) in [6.07, 6.45) is 1.50. The molecule has 1 amide bonds. The molecule has 1 aromatic heterocycles. The Bertz CT molecular complexity index is 765. The zero-order chi connectivity index (χ0) is 17.2. The fraction of sp³-hybridized carbons (Fsp3) is 0.333. The van der Waals surface area contributed by atoms with Gasteiger partial charge in [-0.05, 0) is 36.4 Å². The minimum Gasteiger partial charge on any atom is -0.459 e. The van der Waals surface area contributed by atoms with Gasteiger partial charge >= 0.3 is 0 Å². The van der Waals surface area contributed by atoms with Crippen molar-refractivity contribution >= 4 is 17.6 Å².